The summed E-state index contributed by atoms with van der Waals surface area (Å²) in [5.74, 6) is -0.231. The second-order valence-electron chi connectivity index (χ2n) is 5.03. The van der Waals surface area contributed by atoms with E-state index < -0.39 is 0 Å². The van der Waals surface area contributed by atoms with Gasteiger partial charge in [0.2, 0.25) is 0 Å². The minimum atomic E-state index is -0.231. The van der Waals surface area contributed by atoms with Crippen LogP contribution in [0, 0.1) is 5.82 Å². The summed E-state index contributed by atoms with van der Waals surface area (Å²) in [6, 6.07) is 19.0. The van der Waals surface area contributed by atoms with Gasteiger partial charge in [-0.25, -0.2) is 4.39 Å². The van der Waals surface area contributed by atoms with Gasteiger partial charge in [0.15, 0.2) is 0 Å². The van der Waals surface area contributed by atoms with Gasteiger partial charge in [-0.15, -0.1) is 0 Å². The van der Waals surface area contributed by atoms with Gasteiger partial charge in [-0.3, -0.25) is 4.99 Å². The van der Waals surface area contributed by atoms with Crippen molar-refractivity contribution in [1.29, 1.82) is 0 Å². The molecule has 20 heavy (non-hydrogen) atoms. The molecule has 3 aromatic carbocycles. The highest BCUT2D eigenvalue weighted by molar-refractivity contribution is 6.18. The Kier molecular flexibility index (Phi) is 2.43. The second kappa shape index (κ2) is 4.27. The van der Waals surface area contributed by atoms with E-state index in [-0.39, 0.29) is 5.82 Å². The van der Waals surface area contributed by atoms with Crippen molar-refractivity contribution >= 4 is 22.2 Å². The Balaban J connectivity index is 1.88. The first-order valence-electron chi connectivity index (χ1n) is 6.65. The van der Waals surface area contributed by atoms with Gasteiger partial charge in [-0.2, -0.15) is 0 Å². The molecule has 1 aliphatic carbocycles. The fourth-order valence-electron chi connectivity index (χ4n) is 2.85. The van der Waals surface area contributed by atoms with Crippen molar-refractivity contribution < 1.29 is 4.39 Å². The normalized spacial score (nSPS) is 15.2. The smallest absolute Gasteiger partial charge is 0.123 e. The van der Waals surface area contributed by atoms with Crippen LogP contribution < -0.4 is 0 Å². The van der Waals surface area contributed by atoms with Crippen LogP contribution in [0.4, 0.5) is 10.1 Å². The Morgan fingerprint density at radius 1 is 0.850 bits per heavy atom. The summed E-state index contributed by atoms with van der Waals surface area (Å²) in [5.41, 5.74) is 4.37. The lowest BCUT2D eigenvalue weighted by Gasteiger charge is -2.01. The molecular formula is C18H12FN. The summed E-state index contributed by atoms with van der Waals surface area (Å²) in [6.45, 7) is 0. The molecule has 0 amide bonds. The van der Waals surface area contributed by atoms with E-state index in [9.17, 15) is 4.39 Å². The van der Waals surface area contributed by atoms with Crippen molar-refractivity contribution in [3.05, 3.63) is 77.6 Å². The monoisotopic (exact) mass is 261 g/mol. The maximum atomic E-state index is 13.0. The van der Waals surface area contributed by atoms with Crippen LogP contribution in [0.5, 0.6) is 0 Å². The molecule has 0 atom stereocenters. The van der Waals surface area contributed by atoms with Gasteiger partial charge in [0.05, 0.1) is 11.4 Å². The topological polar surface area (TPSA) is 12.4 Å². The first kappa shape index (κ1) is 11.4. The zero-order valence-electron chi connectivity index (χ0n) is 10.8. The Labute approximate surface area is 116 Å². The van der Waals surface area contributed by atoms with Crippen molar-refractivity contribution in [2.75, 3.05) is 0 Å². The van der Waals surface area contributed by atoms with Crippen molar-refractivity contribution in [3.8, 4) is 0 Å². The lowest BCUT2D eigenvalue weighted by molar-refractivity contribution is 0.628. The van der Waals surface area contributed by atoms with E-state index in [4.69, 9.17) is 0 Å². The average molecular weight is 261 g/mol. The van der Waals surface area contributed by atoms with E-state index in [1.165, 1.54) is 34.0 Å². The van der Waals surface area contributed by atoms with Crippen molar-refractivity contribution in [2.45, 2.75) is 6.42 Å². The average Bonchev–Trinajstić information content (AvgIpc) is 2.82. The Bertz CT molecular complexity index is 826. The highest BCUT2D eigenvalue weighted by Gasteiger charge is 2.19. The Morgan fingerprint density at radius 2 is 1.60 bits per heavy atom. The zero-order valence-corrected chi connectivity index (χ0v) is 10.8. The van der Waals surface area contributed by atoms with Gasteiger partial charge in [0.25, 0.3) is 0 Å². The summed E-state index contributed by atoms with van der Waals surface area (Å²) in [6.07, 6.45) is 0.841. The second-order valence-corrected chi connectivity index (χ2v) is 5.03. The summed E-state index contributed by atoms with van der Waals surface area (Å²) in [4.78, 5) is 4.69. The van der Waals surface area contributed by atoms with Crippen LogP contribution >= 0.6 is 0 Å². The first-order chi connectivity index (χ1) is 9.81. The standard InChI is InChI=1S/C18H12FN/c19-14-7-9-15(10-8-14)20-17-11-13-5-1-3-12-4-2-6-16(17)18(12)13/h1-10H,11H2. The molecule has 0 radical (unpaired) electrons. The van der Waals surface area contributed by atoms with E-state index in [2.05, 4.69) is 41.4 Å². The highest BCUT2D eigenvalue weighted by atomic mass is 19.1. The van der Waals surface area contributed by atoms with Gasteiger partial charge in [-0.1, -0.05) is 36.4 Å². The molecule has 0 saturated heterocycles. The predicted octanol–water partition coefficient (Wildman–Crippen LogP) is 4.66. The Morgan fingerprint density at radius 3 is 2.40 bits per heavy atom. The number of hydrogen-bond donors (Lipinski definition) is 0. The summed E-state index contributed by atoms with van der Waals surface area (Å²) in [7, 11) is 0. The van der Waals surface area contributed by atoms with E-state index in [0.29, 0.717) is 0 Å². The molecule has 1 nitrogen and oxygen atoms in total. The molecule has 0 fully saturated rings. The molecule has 0 heterocycles. The lowest BCUT2D eigenvalue weighted by atomic mass is 10.1. The van der Waals surface area contributed by atoms with E-state index in [1.54, 1.807) is 12.1 Å². The van der Waals surface area contributed by atoms with Crippen LogP contribution in [-0.2, 0) is 6.42 Å². The van der Waals surface area contributed by atoms with Crippen LogP contribution in [0.25, 0.3) is 10.8 Å². The minimum absolute atomic E-state index is 0.231. The van der Waals surface area contributed by atoms with Crippen LogP contribution in [0.15, 0.2) is 65.7 Å². The molecule has 0 saturated carbocycles. The molecule has 0 N–H and O–H groups in total. The molecule has 0 aromatic heterocycles. The third-order valence-corrected chi connectivity index (χ3v) is 3.75. The lowest BCUT2D eigenvalue weighted by Crippen LogP contribution is -1.96. The Hall–Kier alpha value is -2.48. The third kappa shape index (κ3) is 1.73. The van der Waals surface area contributed by atoms with Crippen molar-refractivity contribution in [1.82, 2.24) is 0 Å². The van der Waals surface area contributed by atoms with Crippen LogP contribution in [0.1, 0.15) is 11.1 Å². The van der Waals surface area contributed by atoms with Crippen molar-refractivity contribution in [2.24, 2.45) is 4.99 Å². The van der Waals surface area contributed by atoms with Gasteiger partial charge < -0.3 is 0 Å². The summed E-state index contributed by atoms with van der Waals surface area (Å²) in [5, 5.41) is 2.56. The number of nitrogens with zero attached hydrogens (tertiary/aromatic N) is 1. The molecule has 96 valence electrons. The van der Waals surface area contributed by atoms with E-state index in [1.807, 2.05) is 0 Å². The molecule has 0 aliphatic heterocycles. The predicted molar refractivity (Wildman–Crippen MR) is 80.2 cm³/mol. The van der Waals surface area contributed by atoms with Crippen LogP contribution in [0.2, 0.25) is 0 Å². The van der Waals surface area contributed by atoms with Crippen molar-refractivity contribution in [3.63, 3.8) is 0 Å². The number of rotatable bonds is 1. The van der Waals surface area contributed by atoms with Gasteiger partial charge in [-0.05, 0) is 40.6 Å². The molecule has 0 spiro atoms. The highest BCUT2D eigenvalue weighted by Crippen LogP contribution is 2.32. The SMILES string of the molecule is Fc1ccc(N=C2Cc3cccc4cccc2c34)cc1. The molecule has 0 unspecified atom stereocenters. The first-order valence-corrected chi connectivity index (χ1v) is 6.65. The van der Waals surface area contributed by atoms with Gasteiger partial charge in [0, 0.05) is 12.0 Å². The number of halogens is 1. The molecule has 4 rings (SSSR count). The van der Waals surface area contributed by atoms with Gasteiger partial charge >= 0.3 is 0 Å². The van der Waals surface area contributed by atoms with E-state index in [0.717, 1.165) is 17.8 Å². The maximum Gasteiger partial charge on any atom is 0.123 e. The number of aliphatic imine (C=N–C) groups is 1. The molecular weight excluding hydrogens is 249 g/mol. The third-order valence-electron chi connectivity index (χ3n) is 3.75. The minimum Gasteiger partial charge on any atom is -0.252 e. The summed E-state index contributed by atoms with van der Waals surface area (Å²) >= 11 is 0. The quantitative estimate of drug-likeness (QED) is 0.604. The van der Waals surface area contributed by atoms with Crippen LogP contribution in [-0.4, -0.2) is 5.71 Å². The fourth-order valence-corrected chi connectivity index (χ4v) is 2.85. The molecule has 2 heteroatoms. The van der Waals surface area contributed by atoms with Gasteiger partial charge in [0.1, 0.15) is 5.82 Å². The van der Waals surface area contributed by atoms with E-state index >= 15 is 0 Å². The largest absolute Gasteiger partial charge is 0.252 e. The fraction of sp³-hybridized carbons (Fsp3) is 0.0556. The molecule has 3 aromatic rings. The molecule has 1 aliphatic rings. The number of hydrogen-bond acceptors (Lipinski definition) is 1. The molecule has 0 bridgehead atoms. The summed E-state index contributed by atoms with van der Waals surface area (Å²) < 4.78 is 13.0. The zero-order chi connectivity index (χ0) is 13.5. The maximum absolute atomic E-state index is 13.0. The number of benzene rings is 3. The van der Waals surface area contributed by atoms with Crippen LogP contribution in [0.3, 0.4) is 0 Å².